The second-order valence-electron chi connectivity index (χ2n) is 7.68. The van der Waals surface area contributed by atoms with Crippen LogP contribution >= 0.6 is 0 Å². The van der Waals surface area contributed by atoms with Gasteiger partial charge in [-0.1, -0.05) is 0 Å². The lowest BCUT2D eigenvalue weighted by Gasteiger charge is -2.25. The number of esters is 2. The first kappa shape index (κ1) is 22.8. The van der Waals surface area contributed by atoms with Crippen molar-refractivity contribution in [3.05, 3.63) is 0 Å². The minimum Gasteiger partial charge on any atom is -0.466 e. The number of ether oxygens (including phenoxy) is 2. The van der Waals surface area contributed by atoms with Gasteiger partial charge in [0.05, 0.1) is 26.1 Å². The zero-order valence-corrected chi connectivity index (χ0v) is 17.5. The smallest absolute Gasteiger partial charge is 0.307 e. The summed E-state index contributed by atoms with van der Waals surface area (Å²) in [4.78, 5) is 38.1. The number of hydrogen-bond donors (Lipinski definition) is 0. The molecule has 0 unspecified atom stereocenters. The molecule has 1 saturated heterocycles. The van der Waals surface area contributed by atoms with Crippen molar-refractivity contribution in [1.82, 2.24) is 9.80 Å². The number of carbonyl (C=O) groups is 3. The fourth-order valence-corrected chi connectivity index (χ4v) is 3.43. The molecule has 7 nitrogen and oxygen atoms in total. The predicted molar refractivity (Wildman–Crippen MR) is 106 cm³/mol. The van der Waals surface area contributed by atoms with Gasteiger partial charge in [-0.25, -0.2) is 0 Å². The number of carbonyl (C=O) groups excluding carboxylic acids is 3. The van der Waals surface area contributed by atoms with Crippen molar-refractivity contribution >= 4 is 17.7 Å². The Morgan fingerprint density at radius 2 is 1.43 bits per heavy atom. The van der Waals surface area contributed by atoms with Gasteiger partial charge in [-0.15, -0.1) is 0 Å². The molecule has 1 heterocycles. The van der Waals surface area contributed by atoms with Gasteiger partial charge < -0.3 is 9.47 Å². The molecule has 2 saturated carbocycles. The third-order valence-corrected chi connectivity index (χ3v) is 5.30. The molecule has 0 aromatic rings. The molecule has 0 radical (unpaired) electrons. The lowest BCUT2D eigenvalue weighted by atomic mass is 10.1. The molecular formula is C21H36N2O5. The van der Waals surface area contributed by atoms with Crippen LogP contribution in [0.15, 0.2) is 0 Å². The normalized spacial score (nSPS) is 19.8. The topological polar surface area (TPSA) is 76.1 Å². The van der Waals surface area contributed by atoms with Crippen molar-refractivity contribution in [1.29, 1.82) is 0 Å². The summed E-state index contributed by atoms with van der Waals surface area (Å²) in [5.41, 5.74) is 0. The first-order valence-corrected chi connectivity index (χ1v) is 10.8. The lowest BCUT2D eigenvalue weighted by Crippen LogP contribution is -2.35. The summed E-state index contributed by atoms with van der Waals surface area (Å²) in [5, 5.41) is 0. The Bertz CT molecular complexity index is 485. The number of Topliss-reactive ketones (excluding diaryl/α,β-unsaturated/α-hetero) is 1. The third-order valence-electron chi connectivity index (χ3n) is 5.30. The molecule has 28 heavy (non-hydrogen) atoms. The summed E-state index contributed by atoms with van der Waals surface area (Å²) >= 11 is 0. The molecule has 0 aromatic heterocycles. The molecule has 3 fully saturated rings. The van der Waals surface area contributed by atoms with Gasteiger partial charge in [-0.05, 0) is 39.5 Å². The van der Waals surface area contributed by atoms with Crippen molar-refractivity contribution in [2.75, 3.05) is 39.4 Å². The van der Waals surface area contributed by atoms with E-state index >= 15 is 0 Å². The molecule has 0 amide bonds. The fraction of sp³-hybridized carbons (Fsp3) is 0.857. The van der Waals surface area contributed by atoms with Crippen LogP contribution < -0.4 is 0 Å². The monoisotopic (exact) mass is 396 g/mol. The van der Waals surface area contributed by atoms with E-state index in [1.807, 2.05) is 0 Å². The summed E-state index contributed by atoms with van der Waals surface area (Å²) in [6.45, 7) is 7.85. The number of likely N-dealkylation sites (tertiary alicyclic amines) is 1. The predicted octanol–water partition coefficient (Wildman–Crippen LogP) is 2.17. The van der Waals surface area contributed by atoms with Gasteiger partial charge in [0, 0.05) is 51.1 Å². The van der Waals surface area contributed by atoms with Crippen molar-refractivity contribution < 1.29 is 23.9 Å². The zero-order valence-electron chi connectivity index (χ0n) is 17.5. The average Bonchev–Trinajstić information content (AvgIpc) is 3.56. The van der Waals surface area contributed by atoms with Gasteiger partial charge in [0.25, 0.3) is 0 Å². The molecule has 7 heteroatoms. The van der Waals surface area contributed by atoms with Crippen LogP contribution in [-0.4, -0.2) is 79.0 Å². The summed E-state index contributed by atoms with van der Waals surface area (Å²) in [5.74, 6) is 0.121. The molecule has 2 aliphatic carbocycles. The summed E-state index contributed by atoms with van der Waals surface area (Å²) in [6, 6.07) is 1.39. The molecule has 0 aromatic carbocycles. The highest BCUT2D eigenvalue weighted by Crippen LogP contribution is 2.28. The molecule has 3 aliphatic rings. The van der Waals surface area contributed by atoms with Crippen molar-refractivity contribution in [2.45, 2.75) is 77.3 Å². The number of ketones is 1. The molecule has 3 rings (SSSR count). The van der Waals surface area contributed by atoms with Crippen LogP contribution in [0.2, 0.25) is 0 Å². The SMILES string of the molecule is CCOC(=O)CCN(CCC(=O)OCC)C1CC1.O=C1CCN(C2CC2)CC1. The Morgan fingerprint density at radius 3 is 1.82 bits per heavy atom. The Morgan fingerprint density at radius 1 is 0.929 bits per heavy atom. The second kappa shape index (κ2) is 12.2. The Balaban J connectivity index is 0.000000233. The largest absolute Gasteiger partial charge is 0.466 e. The van der Waals surface area contributed by atoms with E-state index in [1.165, 1.54) is 12.8 Å². The maximum atomic E-state index is 11.3. The van der Waals surface area contributed by atoms with Gasteiger partial charge in [0.15, 0.2) is 0 Å². The highest BCUT2D eigenvalue weighted by atomic mass is 16.5. The van der Waals surface area contributed by atoms with Gasteiger partial charge in [-0.3, -0.25) is 24.2 Å². The van der Waals surface area contributed by atoms with Gasteiger partial charge in [0.1, 0.15) is 5.78 Å². The maximum Gasteiger partial charge on any atom is 0.307 e. The van der Waals surface area contributed by atoms with Crippen LogP contribution in [0.4, 0.5) is 0 Å². The Kier molecular flexibility index (Phi) is 9.92. The molecule has 0 spiro atoms. The summed E-state index contributed by atoms with van der Waals surface area (Å²) in [6.07, 6.45) is 7.45. The van der Waals surface area contributed by atoms with Gasteiger partial charge in [0.2, 0.25) is 0 Å². The number of piperidine rings is 1. The second-order valence-corrected chi connectivity index (χ2v) is 7.68. The molecule has 0 bridgehead atoms. The molecular weight excluding hydrogens is 360 g/mol. The van der Waals surface area contributed by atoms with Crippen LogP contribution in [0.5, 0.6) is 0 Å². The minimum absolute atomic E-state index is 0.167. The quantitative estimate of drug-likeness (QED) is 0.524. The third kappa shape index (κ3) is 9.15. The zero-order chi connectivity index (χ0) is 20.4. The van der Waals surface area contributed by atoms with Crippen LogP contribution in [0.3, 0.4) is 0 Å². The van der Waals surface area contributed by atoms with E-state index in [0.29, 0.717) is 51.0 Å². The van der Waals surface area contributed by atoms with Gasteiger partial charge >= 0.3 is 11.9 Å². The van der Waals surface area contributed by atoms with E-state index in [1.54, 1.807) is 13.8 Å². The van der Waals surface area contributed by atoms with Crippen LogP contribution in [0.25, 0.3) is 0 Å². The fourth-order valence-electron chi connectivity index (χ4n) is 3.43. The van der Waals surface area contributed by atoms with E-state index in [2.05, 4.69) is 9.80 Å². The molecule has 160 valence electrons. The summed E-state index contributed by atoms with van der Waals surface area (Å²) < 4.78 is 9.80. The van der Waals surface area contributed by atoms with Crippen molar-refractivity contribution in [3.8, 4) is 0 Å². The minimum atomic E-state index is -0.167. The van der Waals surface area contributed by atoms with Crippen LogP contribution in [0.1, 0.15) is 65.2 Å². The first-order chi connectivity index (χ1) is 13.5. The average molecular weight is 397 g/mol. The van der Waals surface area contributed by atoms with Crippen LogP contribution in [-0.2, 0) is 23.9 Å². The molecule has 1 aliphatic heterocycles. The highest BCUT2D eigenvalue weighted by molar-refractivity contribution is 5.79. The van der Waals surface area contributed by atoms with Gasteiger partial charge in [-0.2, -0.15) is 0 Å². The lowest BCUT2D eigenvalue weighted by molar-refractivity contribution is -0.143. The van der Waals surface area contributed by atoms with E-state index in [4.69, 9.17) is 9.47 Å². The van der Waals surface area contributed by atoms with E-state index in [9.17, 15) is 14.4 Å². The van der Waals surface area contributed by atoms with E-state index in [-0.39, 0.29) is 11.9 Å². The molecule has 0 N–H and O–H groups in total. The van der Waals surface area contributed by atoms with Crippen LogP contribution in [0, 0.1) is 0 Å². The first-order valence-electron chi connectivity index (χ1n) is 10.8. The number of rotatable bonds is 10. The Labute approximate surface area is 168 Å². The summed E-state index contributed by atoms with van der Waals surface area (Å²) in [7, 11) is 0. The van der Waals surface area contributed by atoms with Crippen molar-refractivity contribution in [3.63, 3.8) is 0 Å². The van der Waals surface area contributed by atoms with E-state index < -0.39 is 0 Å². The highest BCUT2D eigenvalue weighted by Gasteiger charge is 2.31. The van der Waals surface area contributed by atoms with E-state index in [0.717, 1.165) is 44.8 Å². The Hall–Kier alpha value is -1.47. The van der Waals surface area contributed by atoms with Crippen molar-refractivity contribution in [2.24, 2.45) is 0 Å². The number of hydrogen-bond acceptors (Lipinski definition) is 7. The standard InChI is InChI=1S/C13H23NO4.C8H13NO/c1-3-17-12(15)7-9-14(11-5-6-11)10-8-13(16)18-4-2;10-8-3-5-9(6-4-8)7-1-2-7/h11H,3-10H2,1-2H3;7H,1-6H2. The number of nitrogens with zero attached hydrogens (tertiary/aromatic N) is 2. The molecule has 0 atom stereocenters. The maximum absolute atomic E-state index is 11.3.